The summed E-state index contributed by atoms with van der Waals surface area (Å²) in [6, 6.07) is 0.310. The fourth-order valence-electron chi connectivity index (χ4n) is 1.49. The quantitative estimate of drug-likeness (QED) is 0.489. The van der Waals surface area contributed by atoms with Gasteiger partial charge < -0.3 is 25.2 Å². The van der Waals surface area contributed by atoms with Gasteiger partial charge in [0.15, 0.2) is 0 Å². The third kappa shape index (κ3) is 7.62. The molecule has 0 bridgehead atoms. The molecular weight excluding hydrogens is 274 g/mol. The normalized spacial score (nSPS) is 10.4. The van der Waals surface area contributed by atoms with E-state index in [-0.39, 0.29) is 6.61 Å². The summed E-state index contributed by atoms with van der Waals surface area (Å²) in [5.41, 5.74) is 0. The topological polar surface area (TPSA) is 101 Å². The second kappa shape index (κ2) is 11.0. The number of rotatable bonds is 12. The summed E-state index contributed by atoms with van der Waals surface area (Å²) in [6.07, 6.45) is 1.79. The predicted molar refractivity (Wildman–Crippen MR) is 80.8 cm³/mol. The van der Waals surface area contributed by atoms with Gasteiger partial charge in [-0.15, -0.1) is 0 Å². The Morgan fingerprint density at radius 1 is 1.00 bits per heavy atom. The third-order valence-electron chi connectivity index (χ3n) is 2.41. The van der Waals surface area contributed by atoms with Gasteiger partial charge in [-0.3, -0.25) is 0 Å². The van der Waals surface area contributed by atoms with Gasteiger partial charge in [-0.1, -0.05) is 6.92 Å². The molecule has 8 nitrogen and oxygen atoms in total. The zero-order chi connectivity index (χ0) is 15.3. The van der Waals surface area contributed by atoms with Crippen LogP contribution in [0.1, 0.15) is 26.7 Å². The molecule has 0 amide bonds. The van der Waals surface area contributed by atoms with Crippen LogP contribution in [-0.4, -0.2) is 59.6 Å². The molecule has 0 radical (unpaired) electrons. The van der Waals surface area contributed by atoms with E-state index in [4.69, 9.17) is 14.6 Å². The number of anilines is 2. The summed E-state index contributed by atoms with van der Waals surface area (Å²) in [4.78, 5) is 12.7. The van der Waals surface area contributed by atoms with Gasteiger partial charge in [0.25, 0.3) is 0 Å². The molecule has 0 fully saturated rings. The van der Waals surface area contributed by atoms with E-state index in [0.29, 0.717) is 44.3 Å². The van der Waals surface area contributed by atoms with E-state index in [1.54, 1.807) is 0 Å². The molecule has 0 aliphatic rings. The van der Waals surface area contributed by atoms with Crippen molar-refractivity contribution in [3.8, 4) is 6.01 Å². The van der Waals surface area contributed by atoms with E-state index in [2.05, 4.69) is 32.5 Å². The van der Waals surface area contributed by atoms with Gasteiger partial charge >= 0.3 is 6.01 Å². The summed E-state index contributed by atoms with van der Waals surface area (Å²) in [5, 5.41) is 14.8. The number of aliphatic hydroxyl groups excluding tert-OH is 1. The lowest BCUT2D eigenvalue weighted by molar-refractivity contribution is 0.0921. The van der Waals surface area contributed by atoms with E-state index >= 15 is 0 Å². The van der Waals surface area contributed by atoms with Crippen LogP contribution < -0.4 is 15.4 Å². The Balaban J connectivity index is 2.48. The molecule has 0 saturated carbocycles. The Morgan fingerprint density at radius 2 is 1.71 bits per heavy atom. The predicted octanol–water partition coefficient (Wildman–Crippen LogP) is 0.903. The fourth-order valence-corrected chi connectivity index (χ4v) is 1.49. The standard InChI is InChI=1S/C13H25N5O3/c1-3-6-14-11-16-12(18-13(17-11)21-4-2)15-7-5-9-20-10-8-19/h19H,3-10H2,1-2H3,(H2,14,15,16,17,18). The minimum absolute atomic E-state index is 0.0467. The van der Waals surface area contributed by atoms with Crippen LogP contribution in [0.2, 0.25) is 0 Å². The molecule has 1 rings (SSSR count). The number of ether oxygens (including phenoxy) is 2. The SMILES string of the molecule is CCCNc1nc(NCCCOCCO)nc(OCC)n1. The van der Waals surface area contributed by atoms with Crippen LogP contribution in [0.4, 0.5) is 11.9 Å². The first kappa shape index (κ1) is 17.4. The van der Waals surface area contributed by atoms with Crippen LogP contribution in [0, 0.1) is 0 Å². The highest BCUT2D eigenvalue weighted by molar-refractivity contribution is 5.35. The lowest BCUT2D eigenvalue weighted by Gasteiger charge is -2.09. The van der Waals surface area contributed by atoms with Crippen molar-refractivity contribution >= 4 is 11.9 Å². The van der Waals surface area contributed by atoms with E-state index in [0.717, 1.165) is 19.4 Å². The van der Waals surface area contributed by atoms with Crippen molar-refractivity contribution < 1.29 is 14.6 Å². The largest absolute Gasteiger partial charge is 0.464 e. The van der Waals surface area contributed by atoms with Crippen molar-refractivity contribution in [1.29, 1.82) is 0 Å². The van der Waals surface area contributed by atoms with E-state index in [1.165, 1.54) is 0 Å². The summed E-state index contributed by atoms with van der Waals surface area (Å²) < 4.78 is 10.5. The molecule has 0 atom stereocenters. The zero-order valence-corrected chi connectivity index (χ0v) is 12.8. The van der Waals surface area contributed by atoms with Crippen molar-refractivity contribution in [3.63, 3.8) is 0 Å². The lowest BCUT2D eigenvalue weighted by Crippen LogP contribution is -2.13. The summed E-state index contributed by atoms with van der Waals surface area (Å²) in [5.74, 6) is 0.989. The Kier molecular flexibility index (Phi) is 9.14. The summed E-state index contributed by atoms with van der Waals surface area (Å²) in [7, 11) is 0. The average Bonchev–Trinajstić information content (AvgIpc) is 2.49. The molecule has 3 N–H and O–H groups in total. The number of aliphatic hydroxyl groups is 1. The Hall–Kier alpha value is -1.67. The van der Waals surface area contributed by atoms with Gasteiger partial charge in [0.05, 0.1) is 19.8 Å². The maximum atomic E-state index is 8.59. The minimum Gasteiger partial charge on any atom is -0.464 e. The second-order valence-corrected chi connectivity index (χ2v) is 4.24. The van der Waals surface area contributed by atoms with Crippen LogP contribution >= 0.6 is 0 Å². The fraction of sp³-hybridized carbons (Fsp3) is 0.769. The van der Waals surface area contributed by atoms with Gasteiger partial charge in [-0.25, -0.2) is 0 Å². The first-order valence-corrected chi connectivity index (χ1v) is 7.35. The molecule has 0 unspecified atom stereocenters. The van der Waals surface area contributed by atoms with Crippen molar-refractivity contribution in [3.05, 3.63) is 0 Å². The molecule has 0 spiro atoms. The van der Waals surface area contributed by atoms with Crippen LogP contribution in [0.15, 0.2) is 0 Å². The van der Waals surface area contributed by atoms with Crippen LogP contribution in [0.5, 0.6) is 6.01 Å². The molecule has 1 aromatic heterocycles. The van der Waals surface area contributed by atoms with Crippen LogP contribution in [-0.2, 0) is 4.74 Å². The highest BCUT2D eigenvalue weighted by atomic mass is 16.5. The van der Waals surface area contributed by atoms with Crippen molar-refractivity contribution in [1.82, 2.24) is 15.0 Å². The molecule has 120 valence electrons. The van der Waals surface area contributed by atoms with Gasteiger partial charge in [0.1, 0.15) is 0 Å². The first-order chi connectivity index (χ1) is 10.3. The molecule has 8 heteroatoms. The van der Waals surface area contributed by atoms with Gasteiger partial charge in [0.2, 0.25) is 11.9 Å². The average molecular weight is 299 g/mol. The Bertz CT molecular complexity index is 392. The first-order valence-electron chi connectivity index (χ1n) is 7.35. The molecule has 0 aliphatic heterocycles. The van der Waals surface area contributed by atoms with Gasteiger partial charge in [0, 0.05) is 19.7 Å². The number of nitrogens with one attached hydrogen (secondary N) is 2. The molecule has 1 heterocycles. The number of hydrogen-bond acceptors (Lipinski definition) is 8. The van der Waals surface area contributed by atoms with E-state index in [9.17, 15) is 0 Å². The highest BCUT2D eigenvalue weighted by Gasteiger charge is 2.06. The second-order valence-electron chi connectivity index (χ2n) is 4.24. The number of nitrogens with zero attached hydrogens (tertiary/aromatic N) is 3. The molecule has 1 aromatic rings. The number of hydrogen-bond donors (Lipinski definition) is 3. The highest BCUT2D eigenvalue weighted by Crippen LogP contribution is 2.11. The van der Waals surface area contributed by atoms with Gasteiger partial charge in [-0.2, -0.15) is 15.0 Å². The molecule has 0 aliphatic carbocycles. The smallest absolute Gasteiger partial charge is 0.323 e. The lowest BCUT2D eigenvalue weighted by atomic mass is 10.4. The van der Waals surface area contributed by atoms with Gasteiger partial charge in [-0.05, 0) is 19.8 Å². The zero-order valence-electron chi connectivity index (χ0n) is 12.8. The van der Waals surface area contributed by atoms with Crippen molar-refractivity contribution in [2.24, 2.45) is 0 Å². The van der Waals surface area contributed by atoms with Crippen LogP contribution in [0.3, 0.4) is 0 Å². The van der Waals surface area contributed by atoms with E-state index < -0.39 is 0 Å². The maximum absolute atomic E-state index is 8.59. The van der Waals surface area contributed by atoms with Crippen molar-refractivity contribution in [2.75, 3.05) is 50.2 Å². The molecule has 0 aromatic carbocycles. The number of aromatic nitrogens is 3. The Labute approximate surface area is 125 Å². The molecule has 21 heavy (non-hydrogen) atoms. The third-order valence-corrected chi connectivity index (χ3v) is 2.41. The van der Waals surface area contributed by atoms with E-state index in [1.807, 2.05) is 6.92 Å². The van der Waals surface area contributed by atoms with Crippen molar-refractivity contribution in [2.45, 2.75) is 26.7 Å². The summed E-state index contributed by atoms with van der Waals surface area (Å²) in [6.45, 7) is 6.93. The Morgan fingerprint density at radius 3 is 2.33 bits per heavy atom. The maximum Gasteiger partial charge on any atom is 0.323 e. The van der Waals surface area contributed by atoms with Crippen LogP contribution in [0.25, 0.3) is 0 Å². The molecule has 0 saturated heterocycles. The summed E-state index contributed by atoms with van der Waals surface area (Å²) >= 11 is 0. The minimum atomic E-state index is 0.0467. The molecular formula is C13H25N5O3. The monoisotopic (exact) mass is 299 g/mol.